The van der Waals surface area contributed by atoms with E-state index in [0.717, 1.165) is 37.8 Å². The van der Waals surface area contributed by atoms with Gasteiger partial charge in [-0.1, -0.05) is 13.8 Å². The van der Waals surface area contributed by atoms with Crippen LogP contribution in [0.3, 0.4) is 0 Å². The van der Waals surface area contributed by atoms with Crippen LogP contribution in [0.4, 0.5) is 14.9 Å². The summed E-state index contributed by atoms with van der Waals surface area (Å²) < 4.78 is 13.1. The molecule has 148 valence electrons. The second kappa shape index (κ2) is 6.77. The Kier molecular flexibility index (Phi) is 4.69. The molecule has 0 N–H and O–H groups in total. The van der Waals surface area contributed by atoms with E-state index >= 15 is 0 Å². The first kappa shape index (κ1) is 18.7. The molecule has 0 spiro atoms. The third-order valence-corrected chi connectivity index (χ3v) is 7.89. The zero-order chi connectivity index (χ0) is 19.2. The second-order valence-electron chi connectivity index (χ2n) is 9.41. The monoisotopic (exact) mass is 373 g/mol. The zero-order valence-electron chi connectivity index (χ0n) is 16.9. The molecule has 4 rings (SSSR count). The molecule has 2 aliphatic carbocycles. The van der Waals surface area contributed by atoms with Gasteiger partial charge < -0.3 is 9.80 Å². The van der Waals surface area contributed by atoms with Gasteiger partial charge in [-0.2, -0.15) is 0 Å². The molecule has 2 amide bonds. The number of benzene rings is 1. The number of hydrogen-bond donors (Lipinski definition) is 0. The maximum atomic E-state index is 13.1. The molecule has 2 saturated carbocycles. The number of fused-ring (bicyclic) bond motifs is 2. The number of halogens is 1. The summed E-state index contributed by atoms with van der Waals surface area (Å²) in [5.74, 6) is 0.627. The van der Waals surface area contributed by atoms with Gasteiger partial charge in [0, 0.05) is 38.4 Å². The SMILES string of the molecule is CN(CCN1CCN(c2ccc(F)cc2)C1=O)CC12CCC(CC1)C2(C)C. The molecule has 0 unspecified atom stereocenters. The summed E-state index contributed by atoms with van der Waals surface area (Å²) in [6.07, 6.45) is 5.49. The van der Waals surface area contributed by atoms with Crippen molar-refractivity contribution in [2.24, 2.45) is 16.7 Å². The summed E-state index contributed by atoms with van der Waals surface area (Å²) in [7, 11) is 2.20. The van der Waals surface area contributed by atoms with Gasteiger partial charge in [0.25, 0.3) is 0 Å². The maximum absolute atomic E-state index is 13.1. The fourth-order valence-electron chi connectivity index (χ4n) is 5.87. The first-order chi connectivity index (χ1) is 12.8. The van der Waals surface area contributed by atoms with E-state index in [1.807, 2.05) is 4.90 Å². The highest BCUT2D eigenvalue weighted by atomic mass is 19.1. The minimum atomic E-state index is -0.271. The molecule has 0 radical (unpaired) electrons. The highest BCUT2D eigenvalue weighted by Crippen LogP contribution is 2.65. The Balaban J connectivity index is 1.31. The van der Waals surface area contributed by atoms with Crippen molar-refractivity contribution in [3.8, 4) is 0 Å². The maximum Gasteiger partial charge on any atom is 0.324 e. The Morgan fingerprint density at radius 1 is 1.15 bits per heavy atom. The number of hydrogen-bond acceptors (Lipinski definition) is 2. The number of carbonyl (C=O) groups is 1. The molecule has 2 bridgehead atoms. The molecule has 5 heteroatoms. The molecule has 27 heavy (non-hydrogen) atoms. The third kappa shape index (κ3) is 3.14. The topological polar surface area (TPSA) is 26.8 Å². The lowest BCUT2D eigenvalue weighted by atomic mass is 9.69. The summed E-state index contributed by atoms with van der Waals surface area (Å²) in [5.41, 5.74) is 1.69. The van der Waals surface area contributed by atoms with Crippen LogP contribution in [0.5, 0.6) is 0 Å². The highest BCUT2D eigenvalue weighted by molar-refractivity contribution is 5.94. The van der Waals surface area contributed by atoms with E-state index in [1.165, 1.54) is 37.8 Å². The van der Waals surface area contributed by atoms with Crippen LogP contribution in [-0.2, 0) is 0 Å². The molecule has 1 aliphatic heterocycles. The molecule has 1 aromatic rings. The molecule has 0 aromatic heterocycles. The fourth-order valence-corrected chi connectivity index (χ4v) is 5.87. The molecule has 0 atom stereocenters. The van der Waals surface area contributed by atoms with Crippen molar-refractivity contribution in [3.05, 3.63) is 30.1 Å². The van der Waals surface area contributed by atoms with E-state index in [-0.39, 0.29) is 11.8 Å². The summed E-state index contributed by atoms with van der Waals surface area (Å²) in [6.45, 7) is 9.15. The van der Waals surface area contributed by atoms with Gasteiger partial charge in [-0.25, -0.2) is 9.18 Å². The Morgan fingerprint density at radius 2 is 1.81 bits per heavy atom. The number of rotatable bonds is 6. The van der Waals surface area contributed by atoms with Gasteiger partial charge in [0.1, 0.15) is 5.82 Å². The van der Waals surface area contributed by atoms with Crippen LogP contribution >= 0.6 is 0 Å². The Labute approximate surface area is 162 Å². The largest absolute Gasteiger partial charge is 0.324 e. The molecule has 1 heterocycles. The van der Waals surface area contributed by atoms with Crippen LogP contribution in [0, 0.1) is 22.6 Å². The normalized spacial score (nSPS) is 29.4. The van der Waals surface area contributed by atoms with Gasteiger partial charge in [0.05, 0.1) is 0 Å². The Morgan fingerprint density at radius 3 is 2.41 bits per heavy atom. The molecular weight excluding hydrogens is 341 g/mol. The van der Waals surface area contributed by atoms with Crippen LogP contribution in [0.15, 0.2) is 24.3 Å². The van der Waals surface area contributed by atoms with Crippen molar-refractivity contribution in [2.75, 3.05) is 44.7 Å². The number of urea groups is 1. The molecule has 1 saturated heterocycles. The lowest BCUT2D eigenvalue weighted by Crippen LogP contribution is -2.44. The van der Waals surface area contributed by atoms with E-state index in [9.17, 15) is 9.18 Å². The minimum absolute atomic E-state index is 0.0373. The quantitative estimate of drug-likeness (QED) is 0.747. The van der Waals surface area contributed by atoms with Crippen LogP contribution in [0.2, 0.25) is 0 Å². The van der Waals surface area contributed by atoms with Gasteiger partial charge >= 0.3 is 6.03 Å². The smallest absolute Gasteiger partial charge is 0.321 e. The number of nitrogens with zero attached hydrogens (tertiary/aromatic N) is 3. The first-order valence-electron chi connectivity index (χ1n) is 10.3. The van der Waals surface area contributed by atoms with Gasteiger partial charge in [-0.15, -0.1) is 0 Å². The zero-order valence-corrected chi connectivity index (χ0v) is 16.9. The van der Waals surface area contributed by atoms with Crippen molar-refractivity contribution < 1.29 is 9.18 Å². The average Bonchev–Trinajstić information content (AvgIpc) is 3.20. The molecule has 1 aromatic carbocycles. The molecular formula is C22H32FN3O. The lowest BCUT2D eigenvalue weighted by molar-refractivity contribution is 0.0761. The number of amides is 2. The van der Waals surface area contributed by atoms with Crippen molar-refractivity contribution >= 4 is 11.7 Å². The van der Waals surface area contributed by atoms with E-state index in [0.29, 0.717) is 17.4 Å². The van der Waals surface area contributed by atoms with Gasteiger partial charge in [0.2, 0.25) is 0 Å². The predicted molar refractivity (Wildman–Crippen MR) is 106 cm³/mol. The first-order valence-corrected chi connectivity index (χ1v) is 10.3. The van der Waals surface area contributed by atoms with Crippen LogP contribution in [-0.4, -0.2) is 55.6 Å². The Bertz CT molecular complexity index is 694. The van der Waals surface area contributed by atoms with E-state index in [2.05, 4.69) is 25.8 Å². The molecule has 3 aliphatic rings. The van der Waals surface area contributed by atoms with Crippen LogP contribution in [0.25, 0.3) is 0 Å². The van der Waals surface area contributed by atoms with Crippen LogP contribution < -0.4 is 4.90 Å². The molecule has 3 fully saturated rings. The van der Waals surface area contributed by atoms with E-state index in [4.69, 9.17) is 0 Å². The minimum Gasteiger partial charge on any atom is -0.321 e. The summed E-state index contributed by atoms with van der Waals surface area (Å²) in [6, 6.07) is 6.23. The van der Waals surface area contributed by atoms with E-state index in [1.54, 1.807) is 17.0 Å². The summed E-state index contributed by atoms with van der Waals surface area (Å²) >= 11 is 0. The van der Waals surface area contributed by atoms with Gasteiger partial charge in [0.15, 0.2) is 0 Å². The standard InChI is InChI=1S/C22H32FN3O/c1-21(2)17-8-10-22(21,11-9-17)16-24(3)12-13-25-14-15-26(20(25)27)19-6-4-18(23)5-7-19/h4-7,17H,8-16H2,1-3H3. The second-order valence-corrected chi connectivity index (χ2v) is 9.41. The van der Waals surface area contributed by atoms with Crippen molar-refractivity contribution in [1.82, 2.24) is 9.80 Å². The number of likely N-dealkylation sites (N-methyl/N-ethyl adjacent to an activating group) is 1. The Hall–Kier alpha value is -1.62. The predicted octanol–water partition coefficient (Wildman–Crippen LogP) is 4.22. The number of carbonyl (C=O) groups excluding carboxylic acids is 1. The van der Waals surface area contributed by atoms with Gasteiger partial charge in [-0.05, 0) is 73.7 Å². The third-order valence-electron chi connectivity index (χ3n) is 7.89. The van der Waals surface area contributed by atoms with Crippen LogP contribution in [0.1, 0.15) is 39.5 Å². The van der Waals surface area contributed by atoms with Crippen molar-refractivity contribution in [3.63, 3.8) is 0 Å². The van der Waals surface area contributed by atoms with Gasteiger partial charge in [-0.3, -0.25) is 4.90 Å². The van der Waals surface area contributed by atoms with E-state index < -0.39 is 0 Å². The summed E-state index contributed by atoms with van der Waals surface area (Å²) in [5, 5.41) is 0. The summed E-state index contributed by atoms with van der Waals surface area (Å²) in [4.78, 5) is 18.8. The fraction of sp³-hybridized carbons (Fsp3) is 0.682. The number of anilines is 1. The average molecular weight is 374 g/mol. The lowest BCUT2D eigenvalue weighted by Gasteiger charge is -2.41. The highest BCUT2D eigenvalue weighted by Gasteiger charge is 2.58. The van der Waals surface area contributed by atoms with Crippen molar-refractivity contribution in [2.45, 2.75) is 39.5 Å². The molecule has 4 nitrogen and oxygen atoms in total. The van der Waals surface area contributed by atoms with Crippen molar-refractivity contribution in [1.29, 1.82) is 0 Å².